The predicted molar refractivity (Wildman–Crippen MR) is 93.0 cm³/mol. The van der Waals surface area contributed by atoms with Crippen molar-refractivity contribution in [2.24, 2.45) is 0 Å². The van der Waals surface area contributed by atoms with E-state index in [-0.39, 0.29) is 12.7 Å². The topological polar surface area (TPSA) is 49.8 Å². The summed E-state index contributed by atoms with van der Waals surface area (Å²) >= 11 is 0. The van der Waals surface area contributed by atoms with Gasteiger partial charge in [0.25, 0.3) is 0 Å². The van der Waals surface area contributed by atoms with E-state index in [0.717, 1.165) is 50.8 Å². The minimum absolute atomic E-state index is 0.255. The molecule has 1 aliphatic rings. The smallest absolute Gasteiger partial charge is 0.414 e. The van der Waals surface area contributed by atoms with Gasteiger partial charge in [-0.1, -0.05) is 18.6 Å². The summed E-state index contributed by atoms with van der Waals surface area (Å²) in [6.45, 7) is 6.68. The van der Waals surface area contributed by atoms with Crippen LogP contribution in [0, 0.1) is 0 Å². The number of amides is 1. The Kier molecular flexibility index (Phi) is 6.05. The van der Waals surface area contributed by atoms with Crippen LogP contribution in [0.5, 0.6) is 0 Å². The fraction of sp³-hybridized carbons (Fsp3) is 0.632. The SMILES string of the molecule is CC(C)(C)OC(=O)N1CCCc2cc(CCCCCO)ccc21. The van der Waals surface area contributed by atoms with Gasteiger partial charge in [0.2, 0.25) is 0 Å². The highest BCUT2D eigenvalue weighted by Crippen LogP contribution is 2.30. The van der Waals surface area contributed by atoms with E-state index >= 15 is 0 Å². The summed E-state index contributed by atoms with van der Waals surface area (Å²) in [6, 6.07) is 6.39. The molecule has 4 nitrogen and oxygen atoms in total. The zero-order valence-electron chi connectivity index (χ0n) is 14.6. The molecule has 0 aromatic heterocycles. The summed E-state index contributed by atoms with van der Waals surface area (Å²) in [4.78, 5) is 14.1. The Morgan fingerprint density at radius 2 is 2.04 bits per heavy atom. The summed E-state index contributed by atoms with van der Waals surface area (Å²) < 4.78 is 5.52. The number of carbonyl (C=O) groups excluding carboxylic acids is 1. The number of fused-ring (bicyclic) bond motifs is 1. The molecule has 0 radical (unpaired) electrons. The van der Waals surface area contributed by atoms with Crippen LogP contribution in [0.25, 0.3) is 0 Å². The minimum Gasteiger partial charge on any atom is -0.443 e. The van der Waals surface area contributed by atoms with Crippen LogP contribution in [-0.4, -0.2) is 30.0 Å². The average molecular weight is 319 g/mol. The fourth-order valence-electron chi connectivity index (χ4n) is 2.93. The summed E-state index contributed by atoms with van der Waals surface area (Å²) in [6.07, 6.45) is 5.78. The number of rotatable bonds is 5. The molecule has 23 heavy (non-hydrogen) atoms. The maximum atomic E-state index is 12.4. The van der Waals surface area contributed by atoms with Crippen LogP contribution >= 0.6 is 0 Å². The Bertz CT molecular complexity index is 534. The number of benzene rings is 1. The zero-order valence-corrected chi connectivity index (χ0v) is 14.6. The van der Waals surface area contributed by atoms with Gasteiger partial charge in [-0.3, -0.25) is 4.90 Å². The van der Waals surface area contributed by atoms with Gasteiger partial charge in [0.1, 0.15) is 5.60 Å². The molecule has 128 valence electrons. The second-order valence-corrected chi connectivity index (χ2v) is 7.23. The number of hydrogen-bond acceptors (Lipinski definition) is 3. The Morgan fingerprint density at radius 3 is 2.74 bits per heavy atom. The highest BCUT2D eigenvalue weighted by atomic mass is 16.6. The second kappa shape index (κ2) is 7.82. The molecule has 2 rings (SSSR count). The minimum atomic E-state index is -0.471. The van der Waals surface area contributed by atoms with Crippen molar-refractivity contribution in [2.75, 3.05) is 18.1 Å². The van der Waals surface area contributed by atoms with Crippen LogP contribution in [0.4, 0.5) is 10.5 Å². The molecule has 0 aliphatic carbocycles. The highest BCUT2D eigenvalue weighted by Gasteiger charge is 2.27. The number of nitrogens with zero attached hydrogens (tertiary/aromatic N) is 1. The first-order chi connectivity index (χ1) is 10.9. The standard InChI is InChI=1S/C19H29NO3/c1-19(2,3)23-18(22)20-12-7-9-16-14-15(10-11-17(16)20)8-5-4-6-13-21/h10-11,14,21H,4-9,12-13H2,1-3H3. The lowest BCUT2D eigenvalue weighted by Crippen LogP contribution is -2.39. The Labute approximate surface area is 139 Å². The van der Waals surface area contributed by atoms with Gasteiger partial charge in [0.05, 0.1) is 5.69 Å². The molecule has 1 N–H and O–H groups in total. The van der Waals surface area contributed by atoms with Gasteiger partial charge >= 0.3 is 6.09 Å². The normalized spacial score (nSPS) is 14.5. The molecule has 0 spiro atoms. The molecule has 1 aromatic carbocycles. The van der Waals surface area contributed by atoms with E-state index in [4.69, 9.17) is 9.84 Å². The van der Waals surface area contributed by atoms with Crippen molar-refractivity contribution >= 4 is 11.8 Å². The van der Waals surface area contributed by atoms with E-state index in [2.05, 4.69) is 18.2 Å². The maximum absolute atomic E-state index is 12.4. The third kappa shape index (κ3) is 5.24. The van der Waals surface area contributed by atoms with E-state index < -0.39 is 5.60 Å². The monoisotopic (exact) mass is 319 g/mol. The molecule has 1 aromatic rings. The number of anilines is 1. The summed E-state index contributed by atoms with van der Waals surface area (Å²) in [5.41, 5.74) is 3.07. The van der Waals surface area contributed by atoms with Crippen molar-refractivity contribution in [3.63, 3.8) is 0 Å². The number of hydrogen-bond donors (Lipinski definition) is 1. The van der Waals surface area contributed by atoms with Gasteiger partial charge in [0, 0.05) is 13.2 Å². The first kappa shape index (κ1) is 17.8. The Hall–Kier alpha value is -1.55. The summed E-state index contributed by atoms with van der Waals surface area (Å²) in [5, 5.41) is 8.83. The number of carbonyl (C=O) groups is 1. The van der Waals surface area contributed by atoms with Crippen LogP contribution in [0.3, 0.4) is 0 Å². The Morgan fingerprint density at radius 1 is 1.26 bits per heavy atom. The predicted octanol–water partition coefficient (Wildman–Crippen LogP) is 4.08. The second-order valence-electron chi connectivity index (χ2n) is 7.23. The molecule has 1 heterocycles. The molecule has 0 saturated heterocycles. The number of ether oxygens (including phenoxy) is 1. The lowest BCUT2D eigenvalue weighted by Gasteiger charge is -2.32. The zero-order chi connectivity index (χ0) is 16.9. The molecule has 4 heteroatoms. The number of unbranched alkanes of at least 4 members (excludes halogenated alkanes) is 2. The van der Waals surface area contributed by atoms with E-state index in [9.17, 15) is 4.79 Å². The van der Waals surface area contributed by atoms with Crippen molar-refractivity contribution in [2.45, 2.75) is 64.9 Å². The number of aliphatic hydroxyl groups is 1. The van der Waals surface area contributed by atoms with Gasteiger partial charge in [-0.25, -0.2) is 4.79 Å². The highest BCUT2D eigenvalue weighted by molar-refractivity contribution is 5.89. The van der Waals surface area contributed by atoms with E-state index in [0.29, 0.717) is 0 Å². The molecule has 0 atom stereocenters. The molecule has 1 aliphatic heterocycles. The molecular formula is C19H29NO3. The van der Waals surface area contributed by atoms with Gasteiger partial charge in [-0.2, -0.15) is 0 Å². The molecule has 0 unspecified atom stereocenters. The van der Waals surface area contributed by atoms with Gasteiger partial charge in [0.15, 0.2) is 0 Å². The first-order valence-electron chi connectivity index (χ1n) is 8.64. The van der Waals surface area contributed by atoms with E-state index in [1.54, 1.807) is 4.90 Å². The fourth-order valence-corrected chi connectivity index (χ4v) is 2.93. The van der Waals surface area contributed by atoms with Crippen LogP contribution in [-0.2, 0) is 17.6 Å². The van der Waals surface area contributed by atoms with Gasteiger partial charge < -0.3 is 9.84 Å². The van der Waals surface area contributed by atoms with Gasteiger partial charge in [-0.15, -0.1) is 0 Å². The van der Waals surface area contributed by atoms with Crippen LogP contribution in [0.15, 0.2) is 18.2 Å². The van der Waals surface area contributed by atoms with Crippen LogP contribution < -0.4 is 4.90 Å². The van der Waals surface area contributed by atoms with E-state index in [1.165, 1.54) is 11.1 Å². The van der Waals surface area contributed by atoms with Gasteiger partial charge in [-0.05, 0) is 70.1 Å². The van der Waals surface area contributed by atoms with Crippen molar-refractivity contribution in [3.8, 4) is 0 Å². The molecule has 0 bridgehead atoms. The third-order valence-corrected chi connectivity index (χ3v) is 4.00. The molecule has 1 amide bonds. The quantitative estimate of drug-likeness (QED) is 0.832. The largest absolute Gasteiger partial charge is 0.443 e. The number of aryl methyl sites for hydroxylation is 2. The van der Waals surface area contributed by atoms with Crippen molar-refractivity contribution in [3.05, 3.63) is 29.3 Å². The summed E-state index contributed by atoms with van der Waals surface area (Å²) in [7, 11) is 0. The number of aliphatic hydroxyl groups excluding tert-OH is 1. The maximum Gasteiger partial charge on any atom is 0.414 e. The third-order valence-electron chi connectivity index (χ3n) is 4.00. The van der Waals surface area contributed by atoms with Crippen molar-refractivity contribution in [1.29, 1.82) is 0 Å². The summed E-state index contributed by atoms with van der Waals surface area (Å²) in [5.74, 6) is 0. The molecule has 0 fully saturated rings. The lowest BCUT2D eigenvalue weighted by atomic mass is 9.97. The first-order valence-corrected chi connectivity index (χ1v) is 8.64. The van der Waals surface area contributed by atoms with E-state index in [1.807, 2.05) is 20.8 Å². The van der Waals surface area contributed by atoms with Crippen molar-refractivity contribution in [1.82, 2.24) is 0 Å². The molecule has 0 saturated carbocycles. The average Bonchev–Trinajstić information content (AvgIpc) is 2.49. The van der Waals surface area contributed by atoms with Crippen LogP contribution in [0.2, 0.25) is 0 Å². The van der Waals surface area contributed by atoms with Crippen LogP contribution in [0.1, 0.15) is 57.6 Å². The Balaban J connectivity index is 2.06. The molecular weight excluding hydrogens is 290 g/mol. The lowest BCUT2D eigenvalue weighted by molar-refractivity contribution is 0.0578. The van der Waals surface area contributed by atoms with Crippen molar-refractivity contribution < 1.29 is 14.6 Å².